The van der Waals surface area contributed by atoms with Crippen LogP contribution in [0, 0.1) is 5.92 Å². The van der Waals surface area contributed by atoms with Crippen LogP contribution in [0.3, 0.4) is 0 Å². The fraction of sp³-hybridized carbons (Fsp3) is 0.308. The summed E-state index contributed by atoms with van der Waals surface area (Å²) in [4.78, 5) is 0. The Balaban J connectivity index is 1.80. The number of para-hydroxylation sites is 1. The number of aromatic amines is 1. The molecule has 18 heavy (non-hydrogen) atoms. The lowest BCUT2D eigenvalue weighted by atomic mass is 10.3. The molecule has 1 heterocycles. The van der Waals surface area contributed by atoms with E-state index in [1.807, 2.05) is 24.3 Å². The molecule has 1 aromatic carbocycles. The minimum atomic E-state index is 0.625. The Bertz CT molecular complexity index is 523. The van der Waals surface area contributed by atoms with Crippen molar-refractivity contribution >= 4 is 23.1 Å². The summed E-state index contributed by atoms with van der Waals surface area (Å²) < 4.78 is 5.81. The van der Waals surface area contributed by atoms with Gasteiger partial charge in [0.05, 0.1) is 23.5 Å². The number of halogens is 1. The quantitative estimate of drug-likeness (QED) is 0.867. The van der Waals surface area contributed by atoms with Crippen molar-refractivity contribution in [2.24, 2.45) is 5.92 Å². The summed E-state index contributed by atoms with van der Waals surface area (Å²) in [5.41, 5.74) is 0.854. The molecule has 94 valence electrons. The molecule has 1 aliphatic carbocycles. The lowest BCUT2D eigenvalue weighted by Crippen LogP contribution is -2.02. The lowest BCUT2D eigenvalue weighted by Gasteiger charge is -2.13. The van der Waals surface area contributed by atoms with Crippen LogP contribution >= 0.6 is 11.6 Å². The van der Waals surface area contributed by atoms with E-state index in [0.717, 1.165) is 18.1 Å². The maximum atomic E-state index is 6.18. The highest BCUT2D eigenvalue weighted by molar-refractivity contribution is 6.32. The van der Waals surface area contributed by atoms with Gasteiger partial charge in [-0.1, -0.05) is 17.7 Å². The van der Waals surface area contributed by atoms with Crippen molar-refractivity contribution in [2.75, 3.05) is 11.9 Å². The standard InChI is InChI=1S/C13H14ClN3O/c14-10-2-1-3-11(16-12-6-7-15-17-12)13(10)18-8-9-4-5-9/h1-3,6-7,9H,4-5,8H2,(H2,15,16,17). The van der Waals surface area contributed by atoms with E-state index in [2.05, 4.69) is 15.5 Å². The number of rotatable bonds is 5. The molecule has 1 saturated carbocycles. The zero-order chi connectivity index (χ0) is 12.4. The minimum Gasteiger partial charge on any atom is -0.490 e. The van der Waals surface area contributed by atoms with Gasteiger partial charge in [0.25, 0.3) is 0 Å². The molecule has 1 fully saturated rings. The molecule has 0 unspecified atom stereocenters. The van der Waals surface area contributed by atoms with Crippen molar-refractivity contribution in [3.05, 3.63) is 35.5 Å². The molecule has 1 aliphatic rings. The van der Waals surface area contributed by atoms with E-state index in [4.69, 9.17) is 16.3 Å². The van der Waals surface area contributed by atoms with Crippen molar-refractivity contribution in [1.82, 2.24) is 10.2 Å². The fourth-order valence-electron chi connectivity index (χ4n) is 1.71. The zero-order valence-corrected chi connectivity index (χ0v) is 10.6. The first-order chi connectivity index (χ1) is 8.83. The molecule has 3 rings (SSSR count). The number of ether oxygens (including phenoxy) is 1. The summed E-state index contributed by atoms with van der Waals surface area (Å²) >= 11 is 6.18. The highest BCUT2D eigenvalue weighted by atomic mass is 35.5. The van der Waals surface area contributed by atoms with Crippen molar-refractivity contribution in [3.63, 3.8) is 0 Å². The van der Waals surface area contributed by atoms with Crippen LogP contribution in [0.5, 0.6) is 5.75 Å². The Morgan fingerprint density at radius 3 is 3.00 bits per heavy atom. The van der Waals surface area contributed by atoms with E-state index in [-0.39, 0.29) is 0 Å². The van der Waals surface area contributed by atoms with E-state index < -0.39 is 0 Å². The first-order valence-electron chi connectivity index (χ1n) is 6.00. The third kappa shape index (κ3) is 2.59. The number of anilines is 2. The Kier molecular flexibility index (Phi) is 3.11. The molecule has 5 heteroatoms. The molecule has 0 saturated heterocycles. The largest absolute Gasteiger partial charge is 0.490 e. The van der Waals surface area contributed by atoms with Gasteiger partial charge in [0.2, 0.25) is 0 Å². The van der Waals surface area contributed by atoms with Gasteiger partial charge in [-0.25, -0.2) is 0 Å². The summed E-state index contributed by atoms with van der Waals surface area (Å²) in [5, 5.41) is 10.6. The summed E-state index contributed by atoms with van der Waals surface area (Å²) in [6, 6.07) is 7.52. The smallest absolute Gasteiger partial charge is 0.161 e. The molecule has 1 aromatic heterocycles. The van der Waals surface area contributed by atoms with Gasteiger partial charge in [0, 0.05) is 6.07 Å². The average Bonchev–Trinajstić information content (AvgIpc) is 3.05. The number of nitrogens with zero attached hydrogens (tertiary/aromatic N) is 1. The molecule has 0 atom stereocenters. The van der Waals surface area contributed by atoms with E-state index in [0.29, 0.717) is 16.7 Å². The SMILES string of the molecule is Clc1cccc(Nc2ccn[nH]2)c1OCC1CC1. The van der Waals surface area contributed by atoms with Gasteiger partial charge in [0.1, 0.15) is 5.82 Å². The summed E-state index contributed by atoms with van der Waals surface area (Å²) in [5.74, 6) is 2.22. The third-order valence-electron chi connectivity index (χ3n) is 2.90. The van der Waals surface area contributed by atoms with E-state index in [9.17, 15) is 0 Å². The highest BCUT2D eigenvalue weighted by Gasteiger charge is 2.23. The highest BCUT2D eigenvalue weighted by Crippen LogP contribution is 2.37. The van der Waals surface area contributed by atoms with Gasteiger partial charge in [-0.3, -0.25) is 5.10 Å². The van der Waals surface area contributed by atoms with Crippen LogP contribution < -0.4 is 10.1 Å². The first kappa shape index (κ1) is 11.4. The van der Waals surface area contributed by atoms with E-state index >= 15 is 0 Å². The normalized spacial score (nSPS) is 14.5. The van der Waals surface area contributed by atoms with Crippen LogP contribution in [0.1, 0.15) is 12.8 Å². The van der Waals surface area contributed by atoms with Crippen molar-refractivity contribution < 1.29 is 4.74 Å². The molecule has 0 spiro atoms. The van der Waals surface area contributed by atoms with Crippen LogP contribution in [0.4, 0.5) is 11.5 Å². The van der Waals surface area contributed by atoms with Crippen LogP contribution in [0.25, 0.3) is 0 Å². The fourth-order valence-corrected chi connectivity index (χ4v) is 1.94. The number of H-pyrrole nitrogens is 1. The number of aromatic nitrogens is 2. The summed E-state index contributed by atoms with van der Waals surface area (Å²) in [6.07, 6.45) is 4.21. The van der Waals surface area contributed by atoms with Gasteiger partial charge < -0.3 is 10.1 Å². The second-order valence-electron chi connectivity index (χ2n) is 4.47. The Morgan fingerprint density at radius 2 is 2.28 bits per heavy atom. The number of nitrogens with one attached hydrogen (secondary N) is 2. The van der Waals surface area contributed by atoms with Crippen molar-refractivity contribution in [1.29, 1.82) is 0 Å². The van der Waals surface area contributed by atoms with Gasteiger partial charge >= 0.3 is 0 Å². The van der Waals surface area contributed by atoms with Crippen LogP contribution in [-0.4, -0.2) is 16.8 Å². The molecular formula is C13H14ClN3O. The predicted molar refractivity (Wildman–Crippen MR) is 71.5 cm³/mol. The second-order valence-corrected chi connectivity index (χ2v) is 4.87. The molecule has 0 bridgehead atoms. The molecule has 4 nitrogen and oxygen atoms in total. The summed E-state index contributed by atoms with van der Waals surface area (Å²) in [6.45, 7) is 0.737. The van der Waals surface area contributed by atoms with Crippen LogP contribution in [0.15, 0.2) is 30.5 Å². The maximum Gasteiger partial charge on any atom is 0.161 e. The maximum absolute atomic E-state index is 6.18. The number of benzene rings is 1. The molecule has 0 amide bonds. The summed E-state index contributed by atoms with van der Waals surface area (Å²) in [7, 11) is 0. The van der Waals surface area contributed by atoms with E-state index in [1.54, 1.807) is 6.20 Å². The Morgan fingerprint density at radius 1 is 1.39 bits per heavy atom. The topological polar surface area (TPSA) is 49.9 Å². The van der Waals surface area contributed by atoms with Crippen molar-refractivity contribution in [2.45, 2.75) is 12.8 Å². The molecule has 2 aromatic rings. The van der Waals surface area contributed by atoms with Crippen LogP contribution in [0.2, 0.25) is 5.02 Å². The number of hydrogen-bond donors (Lipinski definition) is 2. The Hall–Kier alpha value is -1.68. The minimum absolute atomic E-state index is 0.625. The van der Waals surface area contributed by atoms with Gasteiger partial charge in [-0.05, 0) is 30.9 Å². The van der Waals surface area contributed by atoms with E-state index in [1.165, 1.54) is 12.8 Å². The lowest BCUT2D eigenvalue weighted by molar-refractivity contribution is 0.301. The Labute approximate surface area is 110 Å². The average molecular weight is 264 g/mol. The molecule has 2 N–H and O–H groups in total. The van der Waals surface area contributed by atoms with Gasteiger partial charge in [0.15, 0.2) is 5.75 Å². The van der Waals surface area contributed by atoms with Gasteiger partial charge in [-0.15, -0.1) is 0 Å². The molecule has 0 radical (unpaired) electrons. The van der Waals surface area contributed by atoms with Crippen molar-refractivity contribution in [3.8, 4) is 5.75 Å². The molecular weight excluding hydrogens is 250 g/mol. The number of hydrogen-bond acceptors (Lipinski definition) is 3. The van der Waals surface area contributed by atoms with Crippen LogP contribution in [-0.2, 0) is 0 Å². The zero-order valence-electron chi connectivity index (χ0n) is 9.82. The third-order valence-corrected chi connectivity index (χ3v) is 3.19. The first-order valence-corrected chi connectivity index (χ1v) is 6.38. The second kappa shape index (κ2) is 4.90. The van der Waals surface area contributed by atoms with Gasteiger partial charge in [-0.2, -0.15) is 5.10 Å². The molecule has 0 aliphatic heterocycles. The monoisotopic (exact) mass is 263 g/mol. The predicted octanol–water partition coefficient (Wildman–Crippen LogP) is 3.60.